The first-order chi connectivity index (χ1) is 17.3. The van der Waals surface area contributed by atoms with Gasteiger partial charge in [0.1, 0.15) is 6.61 Å². The molecule has 2 unspecified atom stereocenters. The summed E-state index contributed by atoms with van der Waals surface area (Å²) in [6.07, 6.45) is 11.3. The van der Waals surface area contributed by atoms with Crippen LogP contribution >= 0.6 is 7.92 Å². The van der Waals surface area contributed by atoms with Gasteiger partial charge in [0.25, 0.3) is 0 Å². The molecule has 0 radical (unpaired) electrons. The molecule has 0 spiro atoms. The summed E-state index contributed by atoms with van der Waals surface area (Å²) in [4.78, 5) is 5.12. The van der Waals surface area contributed by atoms with Gasteiger partial charge in [-0.3, -0.25) is 0 Å². The Morgan fingerprint density at radius 1 is 0.722 bits per heavy atom. The van der Waals surface area contributed by atoms with E-state index in [9.17, 15) is 0 Å². The van der Waals surface area contributed by atoms with Crippen molar-refractivity contribution in [1.82, 2.24) is 0 Å². The maximum Gasteiger partial charge on any atom is 0.217 e. The summed E-state index contributed by atoms with van der Waals surface area (Å²) < 4.78 is 5.97. The molecule has 1 heterocycles. The van der Waals surface area contributed by atoms with Gasteiger partial charge in [-0.1, -0.05) is 117 Å². The van der Waals surface area contributed by atoms with Gasteiger partial charge in [0.05, 0.1) is 6.04 Å². The van der Waals surface area contributed by atoms with Crippen LogP contribution in [0.1, 0.15) is 69.4 Å². The molecule has 36 heavy (non-hydrogen) atoms. The molecule has 2 nitrogen and oxygen atoms in total. The SMILES string of the molecule is C1CCCC1.C[C@@H](N=C1OCc2ccccc21)C1CCCC1P(c1ccccc1)c1ccccc1.[Fe]. The monoisotopic (exact) mass is 539 g/mol. The zero-order chi connectivity index (χ0) is 23.9. The molecule has 0 aromatic heterocycles. The topological polar surface area (TPSA) is 21.6 Å². The van der Waals surface area contributed by atoms with Gasteiger partial charge in [-0.15, -0.1) is 0 Å². The summed E-state index contributed by atoms with van der Waals surface area (Å²) in [7, 11) is -0.404. The van der Waals surface area contributed by atoms with E-state index in [4.69, 9.17) is 9.73 Å². The van der Waals surface area contributed by atoms with Gasteiger partial charge in [0.2, 0.25) is 5.90 Å². The molecule has 190 valence electrons. The third-order valence-corrected chi connectivity index (χ3v) is 10.7. The summed E-state index contributed by atoms with van der Waals surface area (Å²) in [5, 5.41) is 2.97. The van der Waals surface area contributed by atoms with Crippen LogP contribution in [0.5, 0.6) is 0 Å². The van der Waals surface area contributed by atoms with Crippen molar-refractivity contribution in [3.05, 3.63) is 96.1 Å². The van der Waals surface area contributed by atoms with E-state index in [-0.39, 0.29) is 23.1 Å². The standard InChI is InChI=1S/C27H28NOP.C5H10.Fe/c1-20(28-27-25-16-9-8-11-21(25)19-29-27)24-17-10-18-26(24)30(22-12-4-2-5-13-22)23-14-6-3-7-15-23;1-2-4-5-3-1;/h2-9,11-16,20,24,26H,10,17-19H2,1H3;1-5H2;/t20-,24?,26?;;/m1../s1. The molecule has 3 atom stereocenters. The fraction of sp³-hybridized carbons (Fsp3) is 0.406. The summed E-state index contributed by atoms with van der Waals surface area (Å²) >= 11 is 0. The molecule has 1 aliphatic heterocycles. The van der Waals surface area contributed by atoms with Crippen LogP contribution in [-0.2, 0) is 28.4 Å². The first-order valence-corrected chi connectivity index (χ1v) is 14.9. The van der Waals surface area contributed by atoms with Crippen molar-refractivity contribution in [1.29, 1.82) is 0 Å². The number of hydrogen-bond acceptors (Lipinski definition) is 2. The van der Waals surface area contributed by atoms with E-state index in [1.165, 1.54) is 73.1 Å². The Morgan fingerprint density at radius 3 is 1.89 bits per heavy atom. The first-order valence-electron chi connectivity index (χ1n) is 13.5. The van der Waals surface area contributed by atoms with Gasteiger partial charge < -0.3 is 4.74 Å². The third kappa shape index (κ3) is 6.49. The number of hydrogen-bond donors (Lipinski definition) is 0. The molecule has 0 N–H and O–H groups in total. The van der Waals surface area contributed by atoms with Crippen molar-refractivity contribution >= 4 is 24.4 Å². The third-order valence-electron chi connectivity index (χ3n) is 7.73. The zero-order valence-electron chi connectivity index (χ0n) is 21.3. The summed E-state index contributed by atoms with van der Waals surface area (Å²) in [5.74, 6) is 1.42. The second-order valence-corrected chi connectivity index (χ2v) is 12.5. The van der Waals surface area contributed by atoms with Crippen molar-refractivity contribution in [3.63, 3.8) is 0 Å². The quantitative estimate of drug-likeness (QED) is 0.242. The predicted molar refractivity (Wildman–Crippen MR) is 151 cm³/mol. The molecular formula is C32H38FeNOP. The van der Waals surface area contributed by atoms with Crippen molar-refractivity contribution in [3.8, 4) is 0 Å². The maximum absolute atomic E-state index is 5.97. The Balaban J connectivity index is 0.000000455. The van der Waals surface area contributed by atoms with Gasteiger partial charge in [-0.2, -0.15) is 0 Å². The molecule has 2 fully saturated rings. The fourth-order valence-corrected chi connectivity index (χ4v) is 9.18. The molecule has 2 saturated carbocycles. The zero-order valence-corrected chi connectivity index (χ0v) is 23.3. The minimum Gasteiger partial charge on any atom is -0.473 e. The minimum absolute atomic E-state index is 0. The van der Waals surface area contributed by atoms with Crippen molar-refractivity contribution in [2.24, 2.45) is 10.9 Å². The second kappa shape index (κ2) is 13.6. The molecule has 0 amide bonds. The number of ether oxygens (including phenoxy) is 1. The van der Waals surface area contributed by atoms with Gasteiger partial charge in [-0.25, -0.2) is 4.99 Å². The van der Waals surface area contributed by atoms with Crippen molar-refractivity contribution in [2.75, 3.05) is 0 Å². The van der Waals surface area contributed by atoms with E-state index in [0.29, 0.717) is 18.2 Å². The molecule has 3 aromatic carbocycles. The number of fused-ring (bicyclic) bond motifs is 1. The van der Waals surface area contributed by atoms with E-state index < -0.39 is 7.92 Å². The van der Waals surface area contributed by atoms with E-state index in [1.807, 2.05) is 0 Å². The molecule has 0 saturated heterocycles. The summed E-state index contributed by atoms with van der Waals surface area (Å²) in [5.41, 5.74) is 3.08. The van der Waals surface area contributed by atoms with E-state index >= 15 is 0 Å². The van der Waals surface area contributed by atoms with Crippen LogP contribution in [-0.4, -0.2) is 17.6 Å². The number of nitrogens with zero attached hydrogens (tertiary/aromatic N) is 1. The van der Waals surface area contributed by atoms with Crippen LogP contribution in [0.4, 0.5) is 0 Å². The van der Waals surface area contributed by atoms with E-state index in [2.05, 4.69) is 91.9 Å². The number of benzene rings is 3. The van der Waals surface area contributed by atoms with E-state index in [1.54, 1.807) is 0 Å². The van der Waals surface area contributed by atoms with Gasteiger partial charge in [0.15, 0.2) is 0 Å². The van der Waals surface area contributed by atoms with Crippen molar-refractivity contribution < 1.29 is 21.8 Å². The Morgan fingerprint density at radius 2 is 1.28 bits per heavy atom. The molecule has 2 aliphatic carbocycles. The van der Waals surface area contributed by atoms with Gasteiger partial charge in [-0.05, 0) is 55.9 Å². The van der Waals surface area contributed by atoms with Gasteiger partial charge in [0, 0.05) is 28.2 Å². The molecule has 6 rings (SSSR count). The molecule has 3 aliphatic rings. The number of aliphatic imine (C=N–C) groups is 1. The fourth-order valence-electron chi connectivity index (χ4n) is 5.91. The summed E-state index contributed by atoms with van der Waals surface area (Å²) in [6.45, 7) is 2.94. The molecule has 0 bridgehead atoms. The Labute approximate surface area is 229 Å². The van der Waals surface area contributed by atoms with E-state index in [0.717, 1.165) is 5.90 Å². The van der Waals surface area contributed by atoms with Crippen LogP contribution < -0.4 is 10.6 Å². The molecular weight excluding hydrogens is 501 g/mol. The predicted octanol–water partition coefficient (Wildman–Crippen LogP) is 7.60. The van der Waals surface area contributed by atoms with Crippen LogP contribution in [0.25, 0.3) is 0 Å². The normalized spacial score (nSPS) is 22.3. The van der Waals surface area contributed by atoms with Crippen LogP contribution in [0.3, 0.4) is 0 Å². The van der Waals surface area contributed by atoms with Crippen LogP contribution in [0.15, 0.2) is 89.9 Å². The number of rotatable bonds is 5. The maximum atomic E-state index is 5.97. The minimum atomic E-state index is -0.404. The first kappa shape index (κ1) is 27.1. The average molecular weight is 539 g/mol. The smallest absolute Gasteiger partial charge is 0.217 e. The van der Waals surface area contributed by atoms with Crippen LogP contribution in [0.2, 0.25) is 0 Å². The molecule has 3 aromatic rings. The average Bonchev–Trinajstić information content (AvgIpc) is 3.70. The second-order valence-electron chi connectivity index (χ2n) is 10.1. The van der Waals surface area contributed by atoms with Gasteiger partial charge >= 0.3 is 0 Å². The summed E-state index contributed by atoms with van der Waals surface area (Å²) in [6, 6.07) is 31.0. The van der Waals surface area contributed by atoms with Crippen LogP contribution in [0, 0.1) is 5.92 Å². The van der Waals surface area contributed by atoms with Crippen molar-refractivity contribution in [2.45, 2.75) is 76.6 Å². The Kier molecular flexibility index (Phi) is 10.2. The Bertz CT molecular complexity index is 1050. The largest absolute Gasteiger partial charge is 0.473 e. The Hall–Kier alpha value is -1.92. The molecule has 4 heteroatoms.